The number of alkyl halides is 3. The maximum absolute atomic E-state index is 12.5. The number of benzene rings is 1. The van der Waals surface area contributed by atoms with Crippen LogP contribution in [0.25, 0.3) is 0 Å². The van der Waals surface area contributed by atoms with Crippen molar-refractivity contribution in [2.24, 2.45) is 5.73 Å². The molecule has 1 saturated heterocycles. The van der Waals surface area contributed by atoms with Gasteiger partial charge in [0.1, 0.15) is 5.75 Å². The maximum Gasteiger partial charge on any atom is 0.573 e. The topological polar surface area (TPSA) is 72.6 Å². The van der Waals surface area contributed by atoms with E-state index in [0.29, 0.717) is 19.4 Å². The van der Waals surface area contributed by atoms with E-state index in [4.69, 9.17) is 5.73 Å². The molecule has 1 heterocycles. The predicted molar refractivity (Wildman–Crippen MR) is 73.7 cm³/mol. The molecule has 0 bridgehead atoms. The number of hydrogen-bond donors (Lipinski definition) is 1. The van der Waals surface area contributed by atoms with Crippen molar-refractivity contribution in [3.05, 3.63) is 24.3 Å². The van der Waals surface area contributed by atoms with Crippen molar-refractivity contribution < 1.29 is 26.3 Å². The Balaban J connectivity index is 2.19. The standard InChI is InChI=1S/C13H17F3N2O3S/c1-9-8-10(17)6-7-18(9)22(19,20)12-4-2-11(3-5-12)21-13(14,15)16/h2-5,9-10H,6-8,17H2,1H3/t9-,10-/m0/s1. The summed E-state index contributed by atoms with van der Waals surface area (Å²) in [5.41, 5.74) is 5.80. The van der Waals surface area contributed by atoms with Crippen LogP contribution >= 0.6 is 0 Å². The fourth-order valence-electron chi connectivity index (χ4n) is 2.49. The molecule has 0 aliphatic carbocycles. The van der Waals surface area contributed by atoms with Crippen LogP contribution in [0.5, 0.6) is 5.75 Å². The van der Waals surface area contributed by atoms with E-state index in [1.807, 2.05) is 0 Å². The van der Waals surface area contributed by atoms with Gasteiger partial charge in [0.15, 0.2) is 0 Å². The number of hydrogen-bond acceptors (Lipinski definition) is 4. The second kappa shape index (κ2) is 6.05. The van der Waals surface area contributed by atoms with Gasteiger partial charge in [-0.3, -0.25) is 0 Å². The van der Waals surface area contributed by atoms with Crippen LogP contribution in [0.2, 0.25) is 0 Å². The number of halogens is 3. The summed E-state index contributed by atoms with van der Waals surface area (Å²) in [6.07, 6.45) is -3.70. The molecule has 1 fully saturated rings. The summed E-state index contributed by atoms with van der Waals surface area (Å²) >= 11 is 0. The van der Waals surface area contributed by atoms with Gasteiger partial charge in [-0.25, -0.2) is 8.42 Å². The van der Waals surface area contributed by atoms with E-state index >= 15 is 0 Å². The average Bonchev–Trinajstić information content (AvgIpc) is 2.36. The number of nitrogens with zero attached hydrogens (tertiary/aromatic N) is 1. The summed E-state index contributed by atoms with van der Waals surface area (Å²) in [4.78, 5) is -0.0654. The zero-order valence-electron chi connectivity index (χ0n) is 11.9. The van der Waals surface area contributed by atoms with Gasteiger partial charge in [-0.05, 0) is 44.0 Å². The molecule has 0 aromatic heterocycles. The van der Waals surface area contributed by atoms with Crippen molar-refractivity contribution in [2.75, 3.05) is 6.54 Å². The minimum atomic E-state index is -4.81. The van der Waals surface area contributed by atoms with E-state index in [9.17, 15) is 21.6 Å². The SMILES string of the molecule is C[C@H]1C[C@@H](N)CCN1S(=O)(=O)c1ccc(OC(F)(F)F)cc1. The number of rotatable bonds is 3. The molecule has 2 rings (SSSR count). The van der Waals surface area contributed by atoms with Crippen molar-refractivity contribution in [1.29, 1.82) is 0 Å². The van der Waals surface area contributed by atoms with Crippen LogP contribution in [-0.4, -0.2) is 37.7 Å². The van der Waals surface area contributed by atoms with E-state index in [1.165, 1.54) is 4.31 Å². The van der Waals surface area contributed by atoms with Crippen molar-refractivity contribution in [3.63, 3.8) is 0 Å². The monoisotopic (exact) mass is 338 g/mol. The number of sulfonamides is 1. The highest BCUT2D eigenvalue weighted by atomic mass is 32.2. The molecule has 9 heteroatoms. The molecular weight excluding hydrogens is 321 g/mol. The fraction of sp³-hybridized carbons (Fsp3) is 0.538. The fourth-order valence-corrected chi connectivity index (χ4v) is 4.15. The third-order valence-electron chi connectivity index (χ3n) is 3.52. The molecule has 0 spiro atoms. The van der Waals surface area contributed by atoms with Gasteiger partial charge in [-0.2, -0.15) is 4.31 Å². The van der Waals surface area contributed by atoms with E-state index in [0.717, 1.165) is 24.3 Å². The highest BCUT2D eigenvalue weighted by molar-refractivity contribution is 7.89. The van der Waals surface area contributed by atoms with Gasteiger partial charge < -0.3 is 10.5 Å². The summed E-state index contributed by atoms with van der Waals surface area (Å²) in [5, 5.41) is 0. The second-order valence-electron chi connectivity index (χ2n) is 5.27. The Kier molecular flexibility index (Phi) is 4.69. The second-order valence-corrected chi connectivity index (χ2v) is 7.16. The molecule has 2 atom stereocenters. The zero-order chi connectivity index (χ0) is 16.5. The highest BCUT2D eigenvalue weighted by Gasteiger charge is 2.34. The maximum atomic E-state index is 12.5. The Morgan fingerprint density at radius 2 is 1.86 bits per heavy atom. The van der Waals surface area contributed by atoms with Crippen LogP contribution in [0, 0.1) is 0 Å². The quantitative estimate of drug-likeness (QED) is 0.916. The Hall–Kier alpha value is -1.32. The summed E-state index contributed by atoms with van der Waals surface area (Å²) in [5.74, 6) is -0.458. The molecule has 124 valence electrons. The molecule has 2 N–H and O–H groups in total. The number of piperidine rings is 1. The molecule has 22 heavy (non-hydrogen) atoms. The van der Waals surface area contributed by atoms with Gasteiger partial charge in [0.2, 0.25) is 10.0 Å². The lowest BCUT2D eigenvalue weighted by Crippen LogP contribution is -2.48. The lowest BCUT2D eigenvalue weighted by atomic mass is 10.0. The normalized spacial score (nSPS) is 24.2. The van der Waals surface area contributed by atoms with Gasteiger partial charge in [-0.1, -0.05) is 0 Å². The first-order valence-electron chi connectivity index (χ1n) is 6.73. The summed E-state index contributed by atoms with van der Waals surface area (Å²) in [6, 6.07) is 3.90. The smallest absolute Gasteiger partial charge is 0.406 e. The van der Waals surface area contributed by atoms with Gasteiger partial charge in [0.05, 0.1) is 4.90 Å². The predicted octanol–water partition coefficient (Wildman–Crippen LogP) is 2.09. The zero-order valence-corrected chi connectivity index (χ0v) is 12.7. The molecule has 1 aromatic carbocycles. The summed E-state index contributed by atoms with van der Waals surface area (Å²) in [6.45, 7) is 2.06. The Bertz CT molecular complexity index is 616. The number of nitrogens with two attached hydrogens (primary N) is 1. The third kappa shape index (κ3) is 3.90. The molecular formula is C13H17F3N2O3S. The lowest BCUT2D eigenvalue weighted by molar-refractivity contribution is -0.274. The van der Waals surface area contributed by atoms with Crippen molar-refractivity contribution in [1.82, 2.24) is 4.31 Å². The van der Waals surface area contributed by atoms with Crippen LogP contribution in [0.4, 0.5) is 13.2 Å². The average molecular weight is 338 g/mol. The molecule has 1 aliphatic heterocycles. The molecule has 0 radical (unpaired) electrons. The molecule has 1 aromatic rings. The van der Waals surface area contributed by atoms with Crippen molar-refractivity contribution in [3.8, 4) is 5.75 Å². The summed E-state index contributed by atoms with van der Waals surface area (Å²) < 4.78 is 66.4. The Morgan fingerprint density at radius 1 is 1.27 bits per heavy atom. The first kappa shape index (κ1) is 17.0. The molecule has 0 amide bonds. The van der Waals surface area contributed by atoms with Crippen LogP contribution < -0.4 is 10.5 Å². The summed E-state index contributed by atoms with van der Waals surface area (Å²) in [7, 11) is -3.75. The van der Waals surface area contributed by atoms with Crippen LogP contribution in [0.1, 0.15) is 19.8 Å². The molecule has 1 aliphatic rings. The Labute approximate surface area is 126 Å². The highest BCUT2D eigenvalue weighted by Crippen LogP contribution is 2.28. The Morgan fingerprint density at radius 3 is 2.36 bits per heavy atom. The van der Waals surface area contributed by atoms with Crippen molar-refractivity contribution in [2.45, 2.75) is 43.1 Å². The van der Waals surface area contributed by atoms with Crippen LogP contribution in [0.3, 0.4) is 0 Å². The van der Waals surface area contributed by atoms with Gasteiger partial charge in [0.25, 0.3) is 0 Å². The van der Waals surface area contributed by atoms with Crippen LogP contribution in [-0.2, 0) is 10.0 Å². The van der Waals surface area contributed by atoms with Gasteiger partial charge in [-0.15, -0.1) is 13.2 Å². The first-order valence-corrected chi connectivity index (χ1v) is 8.17. The minimum absolute atomic E-state index is 0.0380. The molecule has 5 nitrogen and oxygen atoms in total. The number of ether oxygens (including phenoxy) is 1. The molecule has 0 saturated carbocycles. The van der Waals surface area contributed by atoms with Gasteiger partial charge in [0, 0.05) is 18.6 Å². The van der Waals surface area contributed by atoms with E-state index in [-0.39, 0.29) is 17.0 Å². The van der Waals surface area contributed by atoms with Crippen molar-refractivity contribution >= 4 is 10.0 Å². The minimum Gasteiger partial charge on any atom is -0.406 e. The van der Waals surface area contributed by atoms with Gasteiger partial charge >= 0.3 is 6.36 Å². The van der Waals surface area contributed by atoms with Crippen LogP contribution in [0.15, 0.2) is 29.2 Å². The lowest BCUT2D eigenvalue weighted by Gasteiger charge is -2.35. The van der Waals surface area contributed by atoms with E-state index in [2.05, 4.69) is 4.74 Å². The van der Waals surface area contributed by atoms with E-state index in [1.54, 1.807) is 6.92 Å². The third-order valence-corrected chi connectivity index (χ3v) is 5.55. The largest absolute Gasteiger partial charge is 0.573 e. The first-order chi connectivity index (χ1) is 10.1. The van der Waals surface area contributed by atoms with E-state index < -0.39 is 22.1 Å². The molecule has 0 unspecified atom stereocenters.